The molecule has 0 saturated heterocycles. The normalized spacial score (nSPS) is 15.3. The van der Waals surface area contributed by atoms with Crippen molar-refractivity contribution in [1.82, 2.24) is 14.9 Å². The van der Waals surface area contributed by atoms with E-state index < -0.39 is 0 Å². The van der Waals surface area contributed by atoms with Crippen LogP contribution in [0.4, 0.5) is 5.69 Å². The summed E-state index contributed by atoms with van der Waals surface area (Å²) in [5.41, 5.74) is 2.24. The number of hydrogen-bond donors (Lipinski definition) is 1. The number of likely N-dealkylation sites (N-methyl/N-ethyl adjacent to an activating group) is 1. The Morgan fingerprint density at radius 3 is 2.64 bits per heavy atom. The minimum atomic E-state index is -0.222. The van der Waals surface area contributed by atoms with Crippen molar-refractivity contribution in [3.05, 3.63) is 101 Å². The second kappa shape index (κ2) is 8.88. The second-order valence-corrected chi connectivity index (χ2v) is 8.17. The predicted octanol–water partition coefficient (Wildman–Crippen LogP) is 3.52. The summed E-state index contributed by atoms with van der Waals surface area (Å²) in [4.78, 5) is 37.0. The Morgan fingerprint density at radius 1 is 1.06 bits per heavy atom. The SMILES string of the molecule is CN(CC(=O)N1c2ccccc2OC[C@H]1c1ccccc1)Cc1nc2ccccc2c(=O)[nH]1. The third-order valence-corrected chi connectivity index (χ3v) is 5.77. The van der Waals surface area contributed by atoms with E-state index in [4.69, 9.17) is 4.74 Å². The molecule has 0 aliphatic carbocycles. The van der Waals surface area contributed by atoms with Gasteiger partial charge in [0.25, 0.3) is 5.56 Å². The number of carbonyl (C=O) groups excluding carboxylic acids is 1. The Hall–Kier alpha value is -3.97. The molecule has 0 radical (unpaired) electrons. The first-order valence-electron chi connectivity index (χ1n) is 10.9. The molecule has 1 atom stereocenters. The van der Waals surface area contributed by atoms with Crippen molar-refractivity contribution in [2.75, 3.05) is 25.1 Å². The van der Waals surface area contributed by atoms with Gasteiger partial charge in [-0.1, -0.05) is 54.6 Å². The van der Waals surface area contributed by atoms with Gasteiger partial charge in [0.15, 0.2) is 0 Å². The first-order chi connectivity index (χ1) is 16.1. The zero-order valence-electron chi connectivity index (χ0n) is 18.3. The fraction of sp³-hybridized carbons (Fsp3) is 0.192. The zero-order valence-corrected chi connectivity index (χ0v) is 18.3. The molecule has 0 spiro atoms. The molecular weight excluding hydrogens is 416 g/mol. The fourth-order valence-electron chi connectivity index (χ4n) is 4.25. The van der Waals surface area contributed by atoms with Crippen molar-refractivity contribution in [2.24, 2.45) is 0 Å². The molecule has 7 heteroatoms. The monoisotopic (exact) mass is 440 g/mol. The Balaban J connectivity index is 1.39. The summed E-state index contributed by atoms with van der Waals surface area (Å²) >= 11 is 0. The van der Waals surface area contributed by atoms with Crippen LogP contribution in [0.2, 0.25) is 0 Å². The van der Waals surface area contributed by atoms with Crippen LogP contribution in [-0.4, -0.2) is 41.0 Å². The number of aromatic amines is 1. The summed E-state index contributed by atoms with van der Waals surface area (Å²) < 4.78 is 5.97. The number of anilines is 1. The molecule has 0 fully saturated rings. The number of benzene rings is 3. The first-order valence-corrected chi connectivity index (χ1v) is 10.9. The van der Waals surface area contributed by atoms with Gasteiger partial charge < -0.3 is 9.72 Å². The molecule has 0 saturated carbocycles. The van der Waals surface area contributed by atoms with Gasteiger partial charge in [-0.15, -0.1) is 0 Å². The summed E-state index contributed by atoms with van der Waals surface area (Å²) in [5.74, 6) is 1.17. The number of nitrogens with one attached hydrogen (secondary N) is 1. The zero-order chi connectivity index (χ0) is 22.8. The maximum absolute atomic E-state index is 13.6. The van der Waals surface area contributed by atoms with E-state index in [1.165, 1.54) is 0 Å². The van der Waals surface area contributed by atoms with Crippen LogP contribution in [0.3, 0.4) is 0 Å². The number of nitrogens with zero attached hydrogens (tertiary/aromatic N) is 3. The van der Waals surface area contributed by atoms with Crippen molar-refractivity contribution in [2.45, 2.75) is 12.6 Å². The van der Waals surface area contributed by atoms with Crippen LogP contribution in [0.1, 0.15) is 17.4 Å². The molecule has 3 aromatic carbocycles. The molecule has 0 unspecified atom stereocenters. The Kier molecular flexibility index (Phi) is 5.62. The van der Waals surface area contributed by atoms with E-state index in [0.717, 1.165) is 11.3 Å². The molecule has 2 heterocycles. The molecule has 1 aromatic heterocycles. The standard InChI is InChI=1S/C26H24N4O3/c1-29(15-24-27-20-12-6-5-11-19(20)26(32)28-24)16-25(31)30-21-13-7-8-14-23(21)33-17-22(30)18-9-3-2-4-10-18/h2-14,22H,15-17H2,1H3,(H,27,28,32)/t22-/m0/s1. The summed E-state index contributed by atoms with van der Waals surface area (Å²) in [7, 11) is 1.84. The molecule has 33 heavy (non-hydrogen) atoms. The Labute approximate surface area is 191 Å². The molecule has 4 aromatic rings. The summed E-state index contributed by atoms with van der Waals surface area (Å²) in [5, 5.41) is 0.551. The maximum atomic E-state index is 13.6. The van der Waals surface area contributed by atoms with Gasteiger partial charge in [0.2, 0.25) is 5.91 Å². The molecule has 1 aliphatic rings. The lowest BCUT2D eigenvalue weighted by Gasteiger charge is -2.38. The Morgan fingerprint density at radius 2 is 1.79 bits per heavy atom. The number of para-hydroxylation sites is 3. The fourth-order valence-corrected chi connectivity index (χ4v) is 4.25. The van der Waals surface area contributed by atoms with E-state index in [-0.39, 0.29) is 24.1 Å². The Bertz CT molecular complexity index is 1350. The van der Waals surface area contributed by atoms with Gasteiger partial charge in [-0.05, 0) is 36.9 Å². The van der Waals surface area contributed by atoms with E-state index in [1.807, 2.05) is 89.6 Å². The lowest BCUT2D eigenvalue weighted by molar-refractivity contribution is -0.120. The van der Waals surface area contributed by atoms with E-state index in [2.05, 4.69) is 9.97 Å². The van der Waals surface area contributed by atoms with Crippen molar-refractivity contribution in [3.63, 3.8) is 0 Å². The van der Waals surface area contributed by atoms with Gasteiger partial charge in [0.1, 0.15) is 18.2 Å². The van der Waals surface area contributed by atoms with Crippen LogP contribution in [0.15, 0.2) is 83.7 Å². The van der Waals surface area contributed by atoms with Crippen LogP contribution >= 0.6 is 0 Å². The van der Waals surface area contributed by atoms with Gasteiger partial charge >= 0.3 is 0 Å². The topological polar surface area (TPSA) is 78.5 Å². The summed E-state index contributed by atoms with van der Waals surface area (Å²) in [6, 6.07) is 24.5. The van der Waals surface area contributed by atoms with Gasteiger partial charge in [0.05, 0.1) is 35.7 Å². The van der Waals surface area contributed by atoms with E-state index in [1.54, 1.807) is 6.07 Å². The average Bonchev–Trinajstić information content (AvgIpc) is 2.83. The lowest BCUT2D eigenvalue weighted by Crippen LogP contribution is -2.45. The number of ether oxygens (including phenoxy) is 1. The highest BCUT2D eigenvalue weighted by Crippen LogP contribution is 2.39. The molecule has 0 bridgehead atoms. The van der Waals surface area contributed by atoms with Crippen LogP contribution in [0.25, 0.3) is 10.9 Å². The molecule has 1 amide bonds. The predicted molar refractivity (Wildman–Crippen MR) is 127 cm³/mol. The van der Waals surface area contributed by atoms with Crippen LogP contribution in [-0.2, 0) is 11.3 Å². The minimum Gasteiger partial charge on any atom is -0.489 e. The van der Waals surface area contributed by atoms with E-state index >= 15 is 0 Å². The van der Waals surface area contributed by atoms with E-state index in [0.29, 0.717) is 35.6 Å². The van der Waals surface area contributed by atoms with Crippen LogP contribution < -0.4 is 15.2 Å². The smallest absolute Gasteiger partial charge is 0.258 e. The third kappa shape index (κ3) is 4.23. The van der Waals surface area contributed by atoms with Crippen molar-refractivity contribution in [1.29, 1.82) is 0 Å². The number of carbonyl (C=O) groups is 1. The highest BCUT2D eigenvalue weighted by Gasteiger charge is 2.33. The average molecular weight is 441 g/mol. The molecule has 1 aliphatic heterocycles. The molecular formula is C26H24N4O3. The van der Waals surface area contributed by atoms with Gasteiger partial charge in [0, 0.05) is 0 Å². The lowest BCUT2D eigenvalue weighted by atomic mass is 10.0. The number of fused-ring (bicyclic) bond motifs is 2. The van der Waals surface area contributed by atoms with Crippen LogP contribution in [0.5, 0.6) is 5.75 Å². The molecule has 5 rings (SSSR count). The van der Waals surface area contributed by atoms with Crippen LogP contribution in [0, 0.1) is 0 Å². The van der Waals surface area contributed by atoms with E-state index in [9.17, 15) is 9.59 Å². The van der Waals surface area contributed by atoms with Crippen molar-refractivity contribution < 1.29 is 9.53 Å². The largest absolute Gasteiger partial charge is 0.489 e. The van der Waals surface area contributed by atoms with Crippen molar-refractivity contribution in [3.8, 4) is 5.75 Å². The van der Waals surface area contributed by atoms with Gasteiger partial charge in [-0.25, -0.2) is 4.98 Å². The quantitative estimate of drug-likeness (QED) is 0.514. The highest BCUT2D eigenvalue weighted by atomic mass is 16.5. The number of rotatable bonds is 5. The number of amides is 1. The number of H-pyrrole nitrogens is 1. The van der Waals surface area contributed by atoms with Gasteiger partial charge in [-0.3, -0.25) is 19.4 Å². The third-order valence-electron chi connectivity index (χ3n) is 5.77. The molecule has 166 valence electrons. The van der Waals surface area contributed by atoms with Crippen molar-refractivity contribution >= 4 is 22.5 Å². The summed E-state index contributed by atoms with van der Waals surface area (Å²) in [6.45, 7) is 0.887. The van der Waals surface area contributed by atoms with Gasteiger partial charge in [-0.2, -0.15) is 0 Å². The number of hydrogen-bond acceptors (Lipinski definition) is 5. The minimum absolute atomic E-state index is 0.0507. The summed E-state index contributed by atoms with van der Waals surface area (Å²) in [6.07, 6.45) is 0. The maximum Gasteiger partial charge on any atom is 0.258 e. The second-order valence-electron chi connectivity index (χ2n) is 8.17. The molecule has 1 N–H and O–H groups in total. The molecule has 7 nitrogen and oxygen atoms in total. The highest BCUT2D eigenvalue weighted by molar-refractivity contribution is 5.97. The first kappa shape index (κ1) is 20.9. The number of aromatic nitrogens is 2.